The first-order valence-corrected chi connectivity index (χ1v) is 8.67. The van der Waals surface area contributed by atoms with Gasteiger partial charge < -0.3 is 5.32 Å². The van der Waals surface area contributed by atoms with Crippen LogP contribution >= 0.6 is 11.8 Å². The van der Waals surface area contributed by atoms with Crippen molar-refractivity contribution >= 4 is 11.8 Å². The average molecular weight is 277 g/mol. The zero-order chi connectivity index (χ0) is 13.5. The zero-order valence-corrected chi connectivity index (χ0v) is 13.1. The molecule has 0 unspecified atom stereocenters. The Morgan fingerprint density at radius 1 is 1.11 bits per heavy atom. The molecule has 1 aromatic rings. The molecule has 19 heavy (non-hydrogen) atoms. The molecule has 0 aliphatic heterocycles. The van der Waals surface area contributed by atoms with Crippen LogP contribution in [0.15, 0.2) is 29.2 Å². The number of rotatable bonds is 6. The highest BCUT2D eigenvalue weighted by Gasteiger charge is 2.13. The summed E-state index contributed by atoms with van der Waals surface area (Å²) >= 11 is 2.04. The fraction of sp³-hybridized carbons (Fsp3) is 0.647. The van der Waals surface area contributed by atoms with Crippen molar-refractivity contribution in [2.75, 3.05) is 5.75 Å². The van der Waals surface area contributed by atoms with Crippen LogP contribution in [0.5, 0.6) is 0 Å². The maximum Gasteiger partial charge on any atom is 0.0207 e. The predicted molar refractivity (Wildman–Crippen MR) is 85.7 cm³/mol. The van der Waals surface area contributed by atoms with Gasteiger partial charge in [0.05, 0.1) is 0 Å². The second-order valence-corrected chi connectivity index (χ2v) is 7.09. The highest BCUT2D eigenvalue weighted by molar-refractivity contribution is 7.99. The van der Waals surface area contributed by atoms with Crippen LogP contribution in [0.4, 0.5) is 0 Å². The van der Waals surface area contributed by atoms with Crippen molar-refractivity contribution in [3.05, 3.63) is 29.8 Å². The first kappa shape index (κ1) is 14.9. The van der Waals surface area contributed by atoms with E-state index in [1.54, 1.807) is 0 Å². The Hall–Kier alpha value is -0.470. The van der Waals surface area contributed by atoms with Crippen LogP contribution in [0.2, 0.25) is 0 Å². The fourth-order valence-corrected chi connectivity index (χ4v) is 3.68. The molecule has 1 nitrogen and oxygen atoms in total. The number of benzene rings is 1. The van der Waals surface area contributed by atoms with E-state index in [1.807, 2.05) is 11.8 Å². The number of hydrogen-bond donors (Lipinski definition) is 1. The summed E-state index contributed by atoms with van der Waals surface area (Å²) in [5.41, 5.74) is 1.38. The third kappa shape index (κ3) is 5.58. The molecule has 1 N–H and O–H groups in total. The summed E-state index contributed by atoms with van der Waals surface area (Å²) in [7, 11) is 0. The highest BCUT2D eigenvalue weighted by Crippen LogP contribution is 2.29. The minimum Gasteiger partial charge on any atom is -0.310 e. The molecule has 1 saturated carbocycles. The molecule has 2 rings (SSSR count). The molecule has 106 valence electrons. The lowest BCUT2D eigenvalue weighted by molar-refractivity contribution is 0.391. The Kier molecular flexibility index (Phi) is 6.25. The van der Waals surface area contributed by atoms with Crippen LogP contribution in [0.3, 0.4) is 0 Å². The van der Waals surface area contributed by atoms with Gasteiger partial charge in [-0.1, -0.05) is 45.2 Å². The second kappa shape index (κ2) is 7.96. The third-order valence-electron chi connectivity index (χ3n) is 3.85. The van der Waals surface area contributed by atoms with Gasteiger partial charge in [-0.05, 0) is 36.5 Å². The molecule has 1 aliphatic carbocycles. The van der Waals surface area contributed by atoms with E-state index in [9.17, 15) is 0 Å². The molecule has 0 aromatic heterocycles. The monoisotopic (exact) mass is 277 g/mol. The second-order valence-electron chi connectivity index (χ2n) is 5.99. The smallest absolute Gasteiger partial charge is 0.0207 e. The Morgan fingerprint density at radius 3 is 2.42 bits per heavy atom. The third-order valence-corrected chi connectivity index (χ3v) is 5.09. The lowest BCUT2D eigenvalue weighted by Gasteiger charge is -2.20. The summed E-state index contributed by atoms with van der Waals surface area (Å²) in [5.74, 6) is 2.27. The molecule has 0 bridgehead atoms. The number of nitrogens with one attached hydrogen (secondary N) is 1. The summed E-state index contributed by atoms with van der Waals surface area (Å²) in [6.45, 7) is 5.36. The van der Waals surface area contributed by atoms with E-state index in [0.29, 0.717) is 6.04 Å². The average Bonchev–Trinajstić information content (AvgIpc) is 2.45. The number of hydrogen-bond acceptors (Lipinski definition) is 2. The van der Waals surface area contributed by atoms with Crippen molar-refractivity contribution in [1.29, 1.82) is 0 Å². The van der Waals surface area contributed by atoms with E-state index < -0.39 is 0 Å². The molecule has 0 atom stereocenters. The molecular formula is C17H27NS. The Morgan fingerprint density at radius 2 is 1.79 bits per heavy atom. The maximum atomic E-state index is 3.46. The fourth-order valence-electron chi connectivity index (χ4n) is 2.59. The maximum absolute atomic E-state index is 3.46. The Balaban J connectivity index is 1.74. The summed E-state index contributed by atoms with van der Waals surface area (Å²) in [5, 5.41) is 3.46. The molecule has 1 aliphatic rings. The van der Waals surface area contributed by atoms with Gasteiger partial charge in [-0.2, -0.15) is 0 Å². The van der Waals surface area contributed by atoms with E-state index in [-0.39, 0.29) is 0 Å². The molecule has 1 aromatic carbocycles. The number of thioether (sulfide) groups is 1. The van der Waals surface area contributed by atoms with Gasteiger partial charge in [0.25, 0.3) is 0 Å². The minimum atomic E-state index is 0.556. The first-order valence-electron chi connectivity index (χ1n) is 7.69. The predicted octanol–water partition coefficient (Wildman–Crippen LogP) is 4.86. The van der Waals surface area contributed by atoms with Crippen molar-refractivity contribution in [1.82, 2.24) is 5.32 Å². The van der Waals surface area contributed by atoms with E-state index in [1.165, 1.54) is 48.3 Å². The van der Waals surface area contributed by atoms with Gasteiger partial charge in [-0.25, -0.2) is 0 Å². The van der Waals surface area contributed by atoms with Gasteiger partial charge in [0.2, 0.25) is 0 Å². The van der Waals surface area contributed by atoms with Gasteiger partial charge in [0.1, 0.15) is 0 Å². The largest absolute Gasteiger partial charge is 0.310 e. The van der Waals surface area contributed by atoms with E-state index in [0.717, 1.165) is 12.5 Å². The van der Waals surface area contributed by atoms with Crippen LogP contribution in [-0.2, 0) is 6.54 Å². The lowest BCUT2D eigenvalue weighted by atomic mass is 9.91. The summed E-state index contributed by atoms with van der Waals surface area (Å²) in [6, 6.07) is 9.65. The van der Waals surface area contributed by atoms with Crippen molar-refractivity contribution in [2.24, 2.45) is 5.92 Å². The van der Waals surface area contributed by atoms with Gasteiger partial charge >= 0.3 is 0 Å². The standard InChI is InChI=1S/C17H27NS/c1-14(2)18-12-15-8-10-17(11-9-15)19-13-16-6-4-3-5-7-16/h8-11,14,16,18H,3-7,12-13H2,1-2H3. The van der Waals surface area contributed by atoms with Crippen LogP contribution in [0, 0.1) is 5.92 Å². The molecule has 0 radical (unpaired) electrons. The zero-order valence-electron chi connectivity index (χ0n) is 12.3. The van der Waals surface area contributed by atoms with Crippen molar-refractivity contribution in [3.63, 3.8) is 0 Å². The molecule has 1 fully saturated rings. The van der Waals surface area contributed by atoms with Crippen LogP contribution in [0.25, 0.3) is 0 Å². The topological polar surface area (TPSA) is 12.0 Å². The Bertz CT molecular complexity index is 352. The van der Waals surface area contributed by atoms with E-state index >= 15 is 0 Å². The van der Waals surface area contributed by atoms with Gasteiger partial charge in [0, 0.05) is 23.2 Å². The molecule has 0 saturated heterocycles. The van der Waals surface area contributed by atoms with Crippen LogP contribution in [0.1, 0.15) is 51.5 Å². The van der Waals surface area contributed by atoms with Crippen molar-refractivity contribution < 1.29 is 0 Å². The van der Waals surface area contributed by atoms with Crippen molar-refractivity contribution in [3.8, 4) is 0 Å². The lowest BCUT2D eigenvalue weighted by Crippen LogP contribution is -2.21. The molecular weight excluding hydrogens is 250 g/mol. The van der Waals surface area contributed by atoms with E-state index in [4.69, 9.17) is 0 Å². The molecule has 2 heteroatoms. The Labute approximate surface area is 122 Å². The minimum absolute atomic E-state index is 0.556. The summed E-state index contributed by atoms with van der Waals surface area (Å²) in [4.78, 5) is 1.43. The van der Waals surface area contributed by atoms with Gasteiger partial charge in [0.15, 0.2) is 0 Å². The highest BCUT2D eigenvalue weighted by atomic mass is 32.2. The normalized spacial score (nSPS) is 17.0. The SMILES string of the molecule is CC(C)NCc1ccc(SCC2CCCCC2)cc1. The molecule has 0 spiro atoms. The van der Waals surface area contributed by atoms with E-state index in [2.05, 4.69) is 43.4 Å². The van der Waals surface area contributed by atoms with Crippen LogP contribution < -0.4 is 5.32 Å². The van der Waals surface area contributed by atoms with Crippen molar-refractivity contribution in [2.45, 2.75) is 63.4 Å². The summed E-state index contributed by atoms with van der Waals surface area (Å²) < 4.78 is 0. The first-order chi connectivity index (χ1) is 9.24. The summed E-state index contributed by atoms with van der Waals surface area (Å²) in [6.07, 6.45) is 7.25. The van der Waals surface area contributed by atoms with Gasteiger partial charge in [-0.15, -0.1) is 11.8 Å². The molecule has 0 amide bonds. The van der Waals surface area contributed by atoms with Gasteiger partial charge in [-0.3, -0.25) is 0 Å². The van der Waals surface area contributed by atoms with Crippen LogP contribution in [-0.4, -0.2) is 11.8 Å². The quantitative estimate of drug-likeness (QED) is 0.745. The molecule has 0 heterocycles.